The summed E-state index contributed by atoms with van der Waals surface area (Å²) in [6.07, 6.45) is 5.02. The Balaban J connectivity index is 0.00000392. The van der Waals surface area contributed by atoms with Crippen LogP contribution >= 0.6 is 24.0 Å². The number of sulfonamides is 1. The second-order valence-corrected chi connectivity index (χ2v) is 8.79. The molecule has 0 unspecified atom stereocenters. The smallest absolute Gasteiger partial charge is 0.240 e. The van der Waals surface area contributed by atoms with E-state index in [9.17, 15) is 8.42 Å². The Morgan fingerprint density at radius 3 is 2.61 bits per heavy atom. The second kappa shape index (κ2) is 11.9. The van der Waals surface area contributed by atoms with Gasteiger partial charge in [0.05, 0.1) is 11.5 Å². The van der Waals surface area contributed by atoms with Gasteiger partial charge in [-0.3, -0.25) is 4.99 Å². The van der Waals surface area contributed by atoms with E-state index in [2.05, 4.69) is 27.3 Å². The average Bonchev–Trinajstić information content (AvgIpc) is 2.64. The number of guanidine groups is 1. The van der Waals surface area contributed by atoms with Gasteiger partial charge in [0.1, 0.15) is 0 Å². The molecule has 1 aliphatic carbocycles. The van der Waals surface area contributed by atoms with Crippen molar-refractivity contribution in [1.82, 2.24) is 15.4 Å². The molecule has 0 radical (unpaired) electrons. The first-order valence-electron chi connectivity index (χ1n) is 9.47. The van der Waals surface area contributed by atoms with Crippen molar-refractivity contribution >= 4 is 40.0 Å². The molecule has 7 nitrogen and oxygen atoms in total. The molecular weight excluding hydrogens is 491 g/mol. The summed E-state index contributed by atoms with van der Waals surface area (Å²) in [7, 11) is -0.250. The van der Waals surface area contributed by atoms with E-state index in [0.717, 1.165) is 18.1 Å². The molecule has 1 aromatic rings. The number of hydrogen-bond donors (Lipinski definition) is 3. The van der Waals surface area contributed by atoms with Gasteiger partial charge in [0.15, 0.2) is 5.96 Å². The van der Waals surface area contributed by atoms with Crippen molar-refractivity contribution in [3.05, 3.63) is 29.8 Å². The van der Waals surface area contributed by atoms with Crippen LogP contribution in [-0.2, 0) is 21.3 Å². The van der Waals surface area contributed by atoms with Crippen LogP contribution in [0.4, 0.5) is 0 Å². The van der Waals surface area contributed by atoms with Crippen LogP contribution in [0, 0.1) is 5.41 Å². The molecule has 160 valence electrons. The largest absolute Gasteiger partial charge is 0.383 e. The van der Waals surface area contributed by atoms with E-state index in [1.54, 1.807) is 25.2 Å². The SMILES string of the molecule is CCC1(CNC(=NC)NCc2cccc(S(=O)(=O)NCCOC)c2)CCC1.I. The van der Waals surface area contributed by atoms with Crippen molar-refractivity contribution in [2.45, 2.75) is 44.0 Å². The van der Waals surface area contributed by atoms with Crippen LogP contribution in [0.15, 0.2) is 34.2 Å². The lowest BCUT2D eigenvalue weighted by molar-refractivity contribution is 0.131. The maximum absolute atomic E-state index is 12.3. The number of aliphatic imine (C=N–C) groups is 1. The number of ether oxygens (including phenoxy) is 1. The van der Waals surface area contributed by atoms with Crippen LogP contribution in [0.3, 0.4) is 0 Å². The molecule has 0 bridgehead atoms. The van der Waals surface area contributed by atoms with Gasteiger partial charge in [-0.25, -0.2) is 13.1 Å². The molecule has 28 heavy (non-hydrogen) atoms. The molecule has 0 atom stereocenters. The van der Waals surface area contributed by atoms with Gasteiger partial charge >= 0.3 is 0 Å². The first-order valence-corrected chi connectivity index (χ1v) is 10.9. The predicted molar refractivity (Wildman–Crippen MR) is 124 cm³/mol. The highest BCUT2D eigenvalue weighted by molar-refractivity contribution is 14.0. The zero-order valence-corrected chi connectivity index (χ0v) is 20.1. The van der Waals surface area contributed by atoms with Gasteiger partial charge in [-0.15, -0.1) is 24.0 Å². The second-order valence-electron chi connectivity index (χ2n) is 7.02. The zero-order chi connectivity index (χ0) is 19.8. The summed E-state index contributed by atoms with van der Waals surface area (Å²) >= 11 is 0. The van der Waals surface area contributed by atoms with Gasteiger partial charge in [-0.1, -0.05) is 25.5 Å². The molecule has 0 aromatic heterocycles. The molecular formula is C19H33IN4O3S. The number of hydrogen-bond acceptors (Lipinski definition) is 4. The maximum Gasteiger partial charge on any atom is 0.240 e. The highest BCUT2D eigenvalue weighted by atomic mass is 127. The summed E-state index contributed by atoms with van der Waals surface area (Å²) in [5.41, 5.74) is 1.28. The Labute approximate surface area is 186 Å². The van der Waals surface area contributed by atoms with E-state index in [0.29, 0.717) is 18.6 Å². The minimum absolute atomic E-state index is 0. The Morgan fingerprint density at radius 1 is 1.29 bits per heavy atom. The number of nitrogens with one attached hydrogen (secondary N) is 3. The molecule has 9 heteroatoms. The standard InChI is InChI=1S/C19H32N4O3S.HI/c1-4-19(9-6-10-19)15-22-18(20-2)21-14-16-7-5-8-17(13-16)27(24,25)23-11-12-26-3;/h5,7-8,13,23H,4,6,9-12,14-15H2,1-3H3,(H2,20,21,22);1H. The highest BCUT2D eigenvalue weighted by Crippen LogP contribution is 2.42. The van der Waals surface area contributed by atoms with Crippen LogP contribution < -0.4 is 15.4 Å². The molecule has 1 fully saturated rings. The first kappa shape index (κ1) is 25.1. The Kier molecular flexibility index (Phi) is 10.7. The lowest BCUT2D eigenvalue weighted by Crippen LogP contribution is -2.46. The lowest BCUT2D eigenvalue weighted by Gasteiger charge is -2.41. The summed E-state index contributed by atoms with van der Waals surface area (Å²) in [5.74, 6) is 0.737. The van der Waals surface area contributed by atoms with Crippen molar-refractivity contribution in [2.75, 3.05) is 33.9 Å². The Bertz CT molecular complexity index is 731. The van der Waals surface area contributed by atoms with Crippen LogP contribution in [0.25, 0.3) is 0 Å². The van der Waals surface area contributed by atoms with Crippen LogP contribution in [0.5, 0.6) is 0 Å². The van der Waals surface area contributed by atoms with Gasteiger partial charge in [0.2, 0.25) is 10.0 Å². The fourth-order valence-electron chi connectivity index (χ4n) is 3.19. The van der Waals surface area contributed by atoms with Crippen molar-refractivity contribution in [2.24, 2.45) is 10.4 Å². The third kappa shape index (κ3) is 7.16. The van der Waals surface area contributed by atoms with Crippen molar-refractivity contribution in [3.63, 3.8) is 0 Å². The minimum atomic E-state index is -3.53. The van der Waals surface area contributed by atoms with Crippen LogP contribution in [-0.4, -0.2) is 48.2 Å². The quantitative estimate of drug-likeness (QED) is 0.189. The van der Waals surface area contributed by atoms with Crippen molar-refractivity contribution in [1.29, 1.82) is 0 Å². The number of halogens is 1. The van der Waals surface area contributed by atoms with E-state index < -0.39 is 10.0 Å². The van der Waals surface area contributed by atoms with Crippen LogP contribution in [0.2, 0.25) is 0 Å². The minimum Gasteiger partial charge on any atom is -0.383 e. The molecule has 0 amide bonds. The summed E-state index contributed by atoms with van der Waals surface area (Å²) in [6, 6.07) is 6.91. The summed E-state index contributed by atoms with van der Waals surface area (Å²) in [6.45, 7) is 4.24. The molecule has 1 saturated carbocycles. The Morgan fingerprint density at radius 2 is 2.04 bits per heavy atom. The summed E-state index contributed by atoms with van der Waals surface area (Å²) in [5, 5.41) is 6.67. The Hall–Kier alpha value is -0.910. The average molecular weight is 524 g/mol. The molecule has 1 aromatic carbocycles. The molecule has 0 aliphatic heterocycles. The van der Waals surface area contributed by atoms with Gasteiger partial charge in [-0.2, -0.15) is 0 Å². The van der Waals surface area contributed by atoms with E-state index in [4.69, 9.17) is 4.74 Å². The lowest BCUT2D eigenvalue weighted by atomic mass is 9.67. The van der Waals surface area contributed by atoms with Gasteiger partial charge < -0.3 is 15.4 Å². The normalized spacial score (nSPS) is 16.0. The molecule has 1 aliphatic rings. The van der Waals surface area contributed by atoms with Gasteiger partial charge in [-0.05, 0) is 42.4 Å². The fourth-order valence-corrected chi connectivity index (χ4v) is 4.28. The summed E-state index contributed by atoms with van der Waals surface area (Å²) in [4.78, 5) is 4.52. The van der Waals surface area contributed by atoms with E-state index in [-0.39, 0.29) is 35.4 Å². The fraction of sp³-hybridized carbons (Fsp3) is 0.632. The molecule has 0 heterocycles. The zero-order valence-electron chi connectivity index (χ0n) is 17.0. The van der Waals surface area contributed by atoms with E-state index >= 15 is 0 Å². The molecule has 0 spiro atoms. The van der Waals surface area contributed by atoms with E-state index in [1.165, 1.54) is 32.8 Å². The molecule has 2 rings (SSSR count). The van der Waals surface area contributed by atoms with Gasteiger partial charge in [0.25, 0.3) is 0 Å². The topological polar surface area (TPSA) is 91.8 Å². The number of rotatable bonds is 10. The van der Waals surface area contributed by atoms with E-state index in [1.807, 2.05) is 6.07 Å². The molecule has 0 saturated heterocycles. The monoisotopic (exact) mass is 524 g/mol. The number of benzene rings is 1. The van der Waals surface area contributed by atoms with Crippen molar-refractivity contribution < 1.29 is 13.2 Å². The maximum atomic E-state index is 12.3. The predicted octanol–water partition coefficient (Wildman–Crippen LogP) is 2.47. The third-order valence-corrected chi connectivity index (χ3v) is 6.74. The van der Waals surface area contributed by atoms with Crippen LogP contribution in [0.1, 0.15) is 38.2 Å². The number of methoxy groups -OCH3 is 1. The van der Waals surface area contributed by atoms with Crippen molar-refractivity contribution in [3.8, 4) is 0 Å². The highest BCUT2D eigenvalue weighted by Gasteiger charge is 2.34. The molecule has 3 N–H and O–H groups in total. The first-order chi connectivity index (χ1) is 12.9. The van der Waals surface area contributed by atoms with Gasteiger partial charge in [0, 0.05) is 33.8 Å². The third-order valence-electron chi connectivity index (χ3n) is 5.29. The summed E-state index contributed by atoms with van der Waals surface area (Å²) < 4.78 is 32.0. The number of nitrogens with zero attached hydrogens (tertiary/aromatic N) is 1.